The Kier molecular flexibility index (Phi) is 36.6. The summed E-state index contributed by atoms with van der Waals surface area (Å²) in [6, 6.07) is 0.529. The van der Waals surface area contributed by atoms with Crippen LogP contribution in [0.1, 0.15) is 173 Å². The van der Waals surface area contributed by atoms with E-state index in [1.807, 2.05) is 18.7 Å². The van der Waals surface area contributed by atoms with Crippen molar-refractivity contribution in [2.75, 3.05) is 52.5 Å². The molecule has 0 radical (unpaired) electrons. The highest BCUT2D eigenvalue weighted by Crippen LogP contribution is 2.46. The van der Waals surface area contributed by atoms with Gasteiger partial charge in [-0.3, -0.25) is 23.4 Å². The van der Waals surface area contributed by atoms with Gasteiger partial charge in [-0.1, -0.05) is 95.9 Å². The predicted molar refractivity (Wildman–Crippen MR) is 236 cm³/mol. The van der Waals surface area contributed by atoms with Gasteiger partial charge in [-0.25, -0.2) is 4.57 Å². The van der Waals surface area contributed by atoms with Crippen molar-refractivity contribution in [3.63, 3.8) is 0 Å². The first-order chi connectivity index (χ1) is 26.7. The number of hydrogen-bond acceptors (Lipinski definition) is 8. The van der Waals surface area contributed by atoms with Gasteiger partial charge in [-0.2, -0.15) is 0 Å². The molecule has 4 N–H and O–H groups in total. The van der Waals surface area contributed by atoms with Crippen LogP contribution in [0.2, 0.25) is 0 Å². The molecule has 1 saturated heterocycles. The molecule has 0 aromatic heterocycles. The Morgan fingerprint density at radius 1 is 0.649 bits per heavy atom. The zero-order valence-corrected chi connectivity index (χ0v) is 39.7. The number of ether oxygens (including phenoxy) is 1. The summed E-state index contributed by atoms with van der Waals surface area (Å²) in [7, 11) is -4.00. The van der Waals surface area contributed by atoms with Crippen molar-refractivity contribution >= 4 is 25.5 Å². The zero-order valence-electron chi connectivity index (χ0n) is 38.8. The molecule has 57 heavy (non-hydrogen) atoms. The second-order valence-electron chi connectivity index (χ2n) is 17.9. The lowest BCUT2D eigenvalue weighted by Gasteiger charge is -2.32. The molecule has 0 spiro atoms. The lowest BCUT2D eigenvalue weighted by Crippen LogP contribution is -2.40. The Hall–Kier alpha value is -1.56. The van der Waals surface area contributed by atoms with Gasteiger partial charge in [0.15, 0.2) is 0 Å². The van der Waals surface area contributed by atoms with Gasteiger partial charge in [0, 0.05) is 64.2 Å². The quantitative estimate of drug-likeness (QED) is 0.0426. The van der Waals surface area contributed by atoms with Gasteiger partial charge >= 0.3 is 7.82 Å². The van der Waals surface area contributed by atoms with Crippen molar-refractivity contribution in [1.29, 1.82) is 0 Å². The van der Waals surface area contributed by atoms with E-state index in [2.05, 4.69) is 85.2 Å². The number of amides is 3. The largest absolute Gasteiger partial charge is 0.472 e. The molecule has 3 amide bonds. The molecule has 1 aliphatic heterocycles. The van der Waals surface area contributed by atoms with E-state index in [1.54, 1.807) is 0 Å². The second-order valence-corrected chi connectivity index (χ2v) is 19.3. The second kappa shape index (κ2) is 36.3. The van der Waals surface area contributed by atoms with E-state index in [9.17, 15) is 23.8 Å². The predicted octanol–water partition coefficient (Wildman–Crippen LogP) is 9.29. The monoisotopic (exact) mass is 835 g/mol. The highest BCUT2D eigenvalue weighted by Gasteiger charge is 2.30. The molecule has 1 fully saturated rings. The minimum absolute atomic E-state index is 0.0759. The third kappa shape index (κ3) is 41.0. The Morgan fingerprint density at radius 2 is 1.14 bits per heavy atom. The van der Waals surface area contributed by atoms with E-state index in [1.165, 1.54) is 6.42 Å². The van der Waals surface area contributed by atoms with Crippen molar-refractivity contribution in [2.45, 2.75) is 185 Å². The number of nitrogens with one attached hydrogen (secondary N) is 3. The number of piperidine rings is 1. The number of phosphoric acid groups is 1. The first-order valence-corrected chi connectivity index (χ1v) is 24.0. The van der Waals surface area contributed by atoms with E-state index in [-0.39, 0.29) is 36.4 Å². The fourth-order valence-corrected chi connectivity index (χ4v) is 6.68. The molecule has 0 aliphatic carbocycles. The fourth-order valence-electron chi connectivity index (χ4n) is 5.67. The van der Waals surface area contributed by atoms with Crippen LogP contribution >= 0.6 is 7.82 Å². The first kappa shape index (κ1) is 57.5. The Morgan fingerprint density at radius 3 is 1.67 bits per heavy atom. The molecule has 0 aromatic rings. The standard InChI is InChI=1S/C18H36NO5P.C13H28N2O.C13H27NO2/c1-15(2)7-5-9-18(20)19-12-10-17(11-13-19)24-25(21,22)23-14-6-8-16(3)4;1-11(2)7-5-8-13(16)15-10-6-9-14-12(3)4;1-11(2)7-5-9-16-10-6-8-14-13(15)12(3)4/h15-17H,5-14H2,1-4H3,(H,21,22);11-12,14H,5-10H2,1-4H3,(H,15,16);11-12H,5-10H2,1-4H3,(H,14,15). The molecule has 0 aromatic carbocycles. The molecule has 1 rings (SSSR count). The smallest absolute Gasteiger partial charge is 0.381 e. The maximum atomic E-state index is 12.2. The average Bonchev–Trinajstić information content (AvgIpc) is 3.11. The van der Waals surface area contributed by atoms with E-state index in [4.69, 9.17) is 13.8 Å². The van der Waals surface area contributed by atoms with Crippen molar-refractivity contribution in [2.24, 2.45) is 29.6 Å². The van der Waals surface area contributed by atoms with Crippen molar-refractivity contribution in [3.05, 3.63) is 0 Å². The average molecular weight is 835 g/mol. The van der Waals surface area contributed by atoms with Crippen LogP contribution in [0, 0.1) is 29.6 Å². The molecule has 0 bridgehead atoms. The summed E-state index contributed by atoms with van der Waals surface area (Å²) in [6.45, 7) is 30.9. The van der Waals surface area contributed by atoms with Gasteiger partial charge in [-0.15, -0.1) is 0 Å². The van der Waals surface area contributed by atoms with Crippen LogP contribution in [-0.4, -0.2) is 92.2 Å². The molecule has 0 saturated carbocycles. The molecule has 1 aliphatic rings. The fraction of sp³-hybridized carbons (Fsp3) is 0.932. The van der Waals surface area contributed by atoms with E-state index in [0.29, 0.717) is 62.6 Å². The molecule has 12 nitrogen and oxygen atoms in total. The molecule has 1 atom stereocenters. The molecule has 340 valence electrons. The maximum absolute atomic E-state index is 12.2. The molecular formula is C44H91N4O8P. The van der Waals surface area contributed by atoms with Crippen molar-refractivity contribution < 1.29 is 37.6 Å². The highest BCUT2D eigenvalue weighted by molar-refractivity contribution is 7.47. The SMILES string of the molecule is CC(C)CCCC(=O)NCCCNC(C)C.CC(C)CCCOCCCNC(=O)C(C)C.CC(C)CCCOP(=O)(O)OC1CCN(C(=O)CCCC(C)C)CC1. The van der Waals surface area contributed by atoms with Crippen LogP contribution in [0.5, 0.6) is 0 Å². The van der Waals surface area contributed by atoms with E-state index < -0.39 is 7.82 Å². The van der Waals surface area contributed by atoms with Crippen LogP contribution in [0.25, 0.3) is 0 Å². The maximum Gasteiger partial charge on any atom is 0.472 e. The highest BCUT2D eigenvalue weighted by atomic mass is 31.2. The summed E-state index contributed by atoms with van der Waals surface area (Å²) in [5, 5.41) is 9.15. The van der Waals surface area contributed by atoms with Gasteiger partial charge < -0.3 is 30.5 Å². The molecular weight excluding hydrogens is 743 g/mol. The summed E-state index contributed by atoms with van der Waals surface area (Å²) in [6.07, 6.45) is 12.2. The zero-order chi connectivity index (χ0) is 43.6. The number of rotatable bonds is 29. The number of carbonyl (C=O) groups excluding carboxylic acids is 3. The minimum atomic E-state index is -4.00. The Balaban J connectivity index is 0. The summed E-state index contributed by atoms with van der Waals surface area (Å²) in [5.41, 5.74) is 0. The molecule has 13 heteroatoms. The topological polar surface area (TPSA) is 156 Å². The summed E-state index contributed by atoms with van der Waals surface area (Å²) in [4.78, 5) is 46.4. The first-order valence-electron chi connectivity index (χ1n) is 22.5. The molecule has 1 heterocycles. The van der Waals surface area contributed by atoms with Crippen LogP contribution in [0.4, 0.5) is 0 Å². The Labute approximate surface area is 350 Å². The van der Waals surface area contributed by atoms with Crippen molar-refractivity contribution in [1.82, 2.24) is 20.9 Å². The van der Waals surface area contributed by atoms with Crippen LogP contribution in [0.15, 0.2) is 0 Å². The van der Waals surface area contributed by atoms with Gasteiger partial charge in [0.2, 0.25) is 17.7 Å². The third-order valence-corrected chi connectivity index (χ3v) is 10.3. The van der Waals surface area contributed by atoms with E-state index >= 15 is 0 Å². The van der Waals surface area contributed by atoms with Crippen molar-refractivity contribution in [3.8, 4) is 0 Å². The number of phosphoric ester groups is 1. The van der Waals surface area contributed by atoms with Gasteiger partial charge in [0.1, 0.15) is 0 Å². The number of hydrogen-bond donors (Lipinski definition) is 4. The molecule has 1 unspecified atom stereocenters. The summed E-state index contributed by atoms with van der Waals surface area (Å²) < 4.78 is 27.8. The Bertz CT molecular complexity index is 1030. The van der Waals surface area contributed by atoms with Crippen LogP contribution < -0.4 is 16.0 Å². The number of carbonyl (C=O) groups is 3. The normalized spacial score (nSPS) is 14.5. The third-order valence-electron chi connectivity index (χ3n) is 9.20. The van der Waals surface area contributed by atoms with Crippen LogP contribution in [0.3, 0.4) is 0 Å². The summed E-state index contributed by atoms with van der Waals surface area (Å²) in [5.74, 6) is 3.20. The number of likely N-dealkylation sites (tertiary alicyclic amines) is 1. The summed E-state index contributed by atoms with van der Waals surface area (Å²) >= 11 is 0. The van der Waals surface area contributed by atoms with Gasteiger partial charge in [0.05, 0.1) is 12.7 Å². The lowest BCUT2D eigenvalue weighted by atomic mass is 10.0. The minimum Gasteiger partial charge on any atom is -0.381 e. The lowest BCUT2D eigenvalue weighted by molar-refractivity contribution is -0.133. The van der Waals surface area contributed by atoms with Crippen LogP contribution in [-0.2, 0) is 32.7 Å². The number of nitrogens with zero attached hydrogens (tertiary/aromatic N) is 1. The van der Waals surface area contributed by atoms with E-state index in [0.717, 1.165) is 96.6 Å². The van der Waals surface area contributed by atoms with Gasteiger partial charge in [-0.05, 0) is 94.4 Å². The van der Waals surface area contributed by atoms with Gasteiger partial charge in [0.25, 0.3) is 0 Å².